The van der Waals surface area contributed by atoms with Crippen LogP contribution < -0.4 is 0 Å². The van der Waals surface area contributed by atoms with Gasteiger partial charge in [0.25, 0.3) is 0 Å². The smallest absolute Gasteiger partial charge is 0.0688 e. The minimum Gasteiger partial charge on any atom is -0.392 e. The molecule has 0 heterocycles. The molecule has 0 saturated carbocycles. The molecule has 2 rings (SSSR count). The summed E-state index contributed by atoms with van der Waals surface area (Å²) in [5.41, 5.74) is 4.60. The van der Waals surface area contributed by atoms with E-state index in [9.17, 15) is 5.11 Å². The number of fused-ring (bicyclic) bond motifs is 1. The standard InChI is InChI=1S/C13H13BrO/c1-2-3-9-6-10(8-15)12-5-4-11(14)7-13(9)12/h3-7,15H,2,8H2,1H3/b9-3+. The Labute approximate surface area is 98.3 Å². The highest BCUT2D eigenvalue weighted by Crippen LogP contribution is 2.36. The van der Waals surface area contributed by atoms with Crippen LogP contribution in [0.1, 0.15) is 24.5 Å². The topological polar surface area (TPSA) is 20.2 Å². The Morgan fingerprint density at radius 2 is 2.13 bits per heavy atom. The van der Waals surface area contributed by atoms with E-state index in [0.717, 1.165) is 22.0 Å². The first-order chi connectivity index (χ1) is 7.26. The average Bonchev–Trinajstić information content (AvgIpc) is 2.57. The van der Waals surface area contributed by atoms with Crippen LogP contribution in [0.15, 0.2) is 34.8 Å². The summed E-state index contributed by atoms with van der Waals surface area (Å²) in [6.45, 7) is 2.23. The molecule has 1 aliphatic rings. The number of benzene rings is 1. The van der Waals surface area contributed by atoms with E-state index in [1.165, 1.54) is 11.1 Å². The molecule has 0 unspecified atom stereocenters. The second-order valence-electron chi connectivity index (χ2n) is 3.59. The quantitative estimate of drug-likeness (QED) is 0.865. The molecule has 1 nitrogen and oxygen atoms in total. The molecule has 1 aromatic carbocycles. The predicted octanol–water partition coefficient (Wildman–Crippen LogP) is 3.63. The molecule has 1 aliphatic carbocycles. The monoisotopic (exact) mass is 264 g/mol. The van der Waals surface area contributed by atoms with E-state index in [0.29, 0.717) is 0 Å². The molecule has 2 heteroatoms. The lowest BCUT2D eigenvalue weighted by Crippen LogP contribution is -1.88. The van der Waals surface area contributed by atoms with Crippen molar-refractivity contribution in [2.45, 2.75) is 13.3 Å². The summed E-state index contributed by atoms with van der Waals surface area (Å²) < 4.78 is 1.08. The number of hydrogen-bond acceptors (Lipinski definition) is 1. The average molecular weight is 265 g/mol. The van der Waals surface area contributed by atoms with Gasteiger partial charge in [-0.25, -0.2) is 0 Å². The lowest BCUT2D eigenvalue weighted by molar-refractivity contribution is 0.350. The Hall–Kier alpha value is -0.860. The highest BCUT2D eigenvalue weighted by atomic mass is 79.9. The van der Waals surface area contributed by atoms with Crippen molar-refractivity contribution in [1.29, 1.82) is 0 Å². The zero-order valence-corrected chi connectivity index (χ0v) is 10.2. The first-order valence-corrected chi connectivity index (χ1v) is 5.87. The molecule has 0 amide bonds. The van der Waals surface area contributed by atoms with Crippen molar-refractivity contribution in [3.63, 3.8) is 0 Å². The van der Waals surface area contributed by atoms with Gasteiger partial charge in [-0.1, -0.05) is 35.0 Å². The fourth-order valence-electron chi connectivity index (χ4n) is 1.90. The summed E-state index contributed by atoms with van der Waals surface area (Å²) in [5, 5.41) is 9.26. The normalized spacial score (nSPS) is 16.7. The molecule has 15 heavy (non-hydrogen) atoms. The first kappa shape index (κ1) is 10.7. The second-order valence-corrected chi connectivity index (χ2v) is 4.50. The van der Waals surface area contributed by atoms with E-state index >= 15 is 0 Å². The van der Waals surface area contributed by atoms with Crippen molar-refractivity contribution in [1.82, 2.24) is 0 Å². The number of hydrogen-bond donors (Lipinski definition) is 1. The van der Waals surface area contributed by atoms with Gasteiger partial charge in [0.15, 0.2) is 0 Å². The Balaban J connectivity index is 2.56. The highest BCUT2D eigenvalue weighted by Gasteiger charge is 2.17. The molecule has 1 N–H and O–H groups in total. The SMILES string of the molecule is CC/C=C1\C=C(CO)c2ccc(Br)cc21. The summed E-state index contributed by atoms with van der Waals surface area (Å²) in [7, 11) is 0. The van der Waals surface area contributed by atoms with Crippen molar-refractivity contribution in [3.8, 4) is 0 Å². The van der Waals surface area contributed by atoms with E-state index in [1.807, 2.05) is 6.07 Å². The fourth-order valence-corrected chi connectivity index (χ4v) is 2.26. The number of halogens is 1. The van der Waals surface area contributed by atoms with E-state index in [2.05, 4.69) is 47.1 Å². The third kappa shape index (κ3) is 1.92. The molecular weight excluding hydrogens is 252 g/mol. The van der Waals surface area contributed by atoms with Gasteiger partial charge in [-0.2, -0.15) is 0 Å². The molecule has 0 fully saturated rings. The zero-order valence-electron chi connectivity index (χ0n) is 8.63. The fraction of sp³-hybridized carbons (Fsp3) is 0.231. The van der Waals surface area contributed by atoms with Gasteiger partial charge in [0.05, 0.1) is 6.61 Å². The first-order valence-electron chi connectivity index (χ1n) is 5.08. The van der Waals surface area contributed by atoms with Crippen molar-refractivity contribution >= 4 is 27.1 Å². The highest BCUT2D eigenvalue weighted by molar-refractivity contribution is 9.10. The summed E-state index contributed by atoms with van der Waals surface area (Å²) in [4.78, 5) is 0. The van der Waals surface area contributed by atoms with Crippen molar-refractivity contribution < 1.29 is 5.11 Å². The third-order valence-electron chi connectivity index (χ3n) is 2.56. The molecule has 0 bridgehead atoms. The number of aliphatic hydroxyl groups excluding tert-OH is 1. The Kier molecular flexibility index (Phi) is 3.08. The summed E-state index contributed by atoms with van der Waals surface area (Å²) in [5.74, 6) is 0. The number of rotatable bonds is 2. The minimum atomic E-state index is 0.107. The van der Waals surface area contributed by atoms with Crippen LogP contribution in [0.2, 0.25) is 0 Å². The van der Waals surface area contributed by atoms with Crippen LogP contribution in [0.3, 0.4) is 0 Å². The molecule has 0 aliphatic heterocycles. The molecule has 1 aromatic rings. The predicted molar refractivity (Wildman–Crippen MR) is 67.5 cm³/mol. The zero-order chi connectivity index (χ0) is 10.8. The van der Waals surface area contributed by atoms with Crippen LogP contribution in [0.4, 0.5) is 0 Å². The van der Waals surface area contributed by atoms with Gasteiger partial charge < -0.3 is 5.11 Å². The van der Waals surface area contributed by atoms with Gasteiger partial charge in [-0.05, 0) is 46.9 Å². The van der Waals surface area contributed by atoms with Crippen molar-refractivity contribution in [3.05, 3.63) is 46.0 Å². The van der Waals surface area contributed by atoms with Gasteiger partial charge in [0.1, 0.15) is 0 Å². The molecule has 0 saturated heterocycles. The molecule has 78 valence electrons. The van der Waals surface area contributed by atoms with Crippen molar-refractivity contribution in [2.75, 3.05) is 6.61 Å². The van der Waals surface area contributed by atoms with Crippen LogP contribution in [0.25, 0.3) is 11.1 Å². The Morgan fingerprint density at radius 1 is 1.33 bits per heavy atom. The van der Waals surface area contributed by atoms with Gasteiger partial charge in [0, 0.05) is 4.47 Å². The lowest BCUT2D eigenvalue weighted by atomic mass is 10.0. The number of aliphatic hydroxyl groups is 1. The summed E-state index contributed by atoms with van der Waals surface area (Å²) >= 11 is 3.47. The maximum Gasteiger partial charge on any atom is 0.0688 e. The van der Waals surface area contributed by atoms with Crippen LogP contribution in [0, 0.1) is 0 Å². The van der Waals surface area contributed by atoms with E-state index < -0.39 is 0 Å². The van der Waals surface area contributed by atoms with Crippen molar-refractivity contribution in [2.24, 2.45) is 0 Å². The molecule has 0 aromatic heterocycles. The van der Waals surface area contributed by atoms with Crippen LogP contribution in [-0.2, 0) is 0 Å². The van der Waals surface area contributed by atoms with Crippen LogP contribution in [0.5, 0.6) is 0 Å². The van der Waals surface area contributed by atoms with Crippen LogP contribution >= 0.6 is 15.9 Å². The van der Waals surface area contributed by atoms with Gasteiger partial charge in [-0.15, -0.1) is 0 Å². The maximum absolute atomic E-state index is 9.26. The largest absolute Gasteiger partial charge is 0.392 e. The molecular formula is C13H13BrO. The van der Waals surface area contributed by atoms with E-state index in [1.54, 1.807) is 0 Å². The minimum absolute atomic E-state index is 0.107. The third-order valence-corrected chi connectivity index (χ3v) is 3.06. The van der Waals surface area contributed by atoms with Crippen LogP contribution in [-0.4, -0.2) is 11.7 Å². The summed E-state index contributed by atoms with van der Waals surface area (Å²) in [6.07, 6.45) is 5.27. The lowest BCUT2D eigenvalue weighted by Gasteiger charge is -2.03. The number of allylic oxidation sites excluding steroid dienone is 3. The van der Waals surface area contributed by atoms with Gasteiger partial charge in [0.2, 0.25) is 0 Å². The van der Waals surface area contributed by atoms with E-state index in [4.69, 9.17) is 0 Å². The molecule has 0 spiro atoms. The van der Waals surface area contributed by atoms with E-state index in [-0.39, 0.29) is 6.61 Å². The van der Waals surface area contributed by atoms with Gasteiger partial charge in [-0.3, -0.25) is 0 Å². The maximum atomic E-state index is 9.26. The second kappa shape index (κ2) is 4.33. The molecule has 0 radical (unpaired) electrons. The van der Waals surface area contributed by atoms with Gasteiger partial charge >= 0.3 is 0 Å². The Bertz CT molecular complexity index is 444. The Morgan fingerprint density at radius 3 is 2.80 bits per heavy atom. The summed E-state index contributed by atoms with van der Waals surface area (Å²) in [6, 6.07) is 6.17. The molecule has 0 atom stereocenters.